The first kappa shape index (κ1) is 15.1. The fourth-order valence-electron chi connectivity index (χ4n) is 2.22. The number of hydrogen-bond acceptors (Lipinski definition) is 3. The molecule has 0 atom stereocenters. The first-order valence-corrected chi connectivity index (χ1v) is 7.73. The third-order valence-corrected chi connectivity index (χ3v) is 4.90. The Balaban J connectivity index is 2.04. The van der Waals surface area contributed by atoms with Gasteiger partial charge in [-0.2, -0.15) is 0 Å². The molecule has 1 aromatic rings. The second-order valence-electron chi connectivity index (χ2n) is 4.84. The molecule has 0 amide bonds. The highest BCUT2D eigenvalue weighted by molar-refractivity contribution is 9.10. The Morgan fingerprint density at radius 3 is 2.79 bits per heavy atom. The standard InChI is InChI=1S/C14H19BrClNO2/c1-18-12-2-3-13(15)11(8-12)9-17-14(10-16)4-6-19-7-5-14/h2-3,8,17H,4-7,9-10H2,1H3. The topological polar surface area (TPSA) is 30.5 Å². The van der Waals surface area contributed by atoms with Crippen LogP contribution in [0.4, 0.5) is 0 Å². The van der Waals surface area contributed by atoms with Crippen LogP contribution in [0.3, 0.4) is 0 Å². The second kappa shape index (κ2) is 6.93. The molecule has 2 rings (SSSR count). The normalized spacial score (nSPS) is 18.3. The molecule has 3 nitrogen and oxygen atoms in total. The van der Waals surface area contributed by atoms with Crippen LogP contribution in [-0.4, -0.2) is 31.7 Å². The molecule has 1 heterocycles. The maximum absolute atomic E-state index is 6.15. The van der Waals surface area contributed by atoms with E-state index in [1.807, 2.05) is 18.2 Å². The van der Waals surface area contributed by atoms with Crippen LogP contribution in [-0.2, 0) is 11.3 Å². The van der Waals surface area contributed by atoms with E-state index in [2.05, 4.69) is 21.2 Å². The summed E-state index contributed by atoms with van der Waals surface area (Å²) in [6.07, 6.45) is 1.91. The highest BCUT2D eigenvalue weighted by Gasteiger charge is 2.31. The molecule has 0 bridgehead atoms. The van der Waals surface area contributed by atoms with Crippen molar-refractivity contribution in [2.75, 3.05) is 26.2 Å². The highest BCUT2D eigenvalue weighted by Crippen LogP contribution is 2.26. The van der Waals surface area contributed by atoms with E-state index in [1.54, 1.807) is 7.11 Å². The summed E-state index contributed by atoms with van der Waals surface area (Å²) in [4.78, 5) is 0. The zero-order chi connectivity index (χ0) is 13.7. The molecular formula is C14H19BrClNO2. The minimum Gasteiger partial charge on any atom is -0.497 e. The van der Waals surface area contributed by atoms with Gasteiger partial charge in [0.25, 0.3) is 0 Å². The zero-order valence-corrected chi connectivity index (χ0v) is 13.4. The van der Waals surface area contributed by atoms with E-state index in [4.69, 9.17) is 21.1 Å². The van der Waals surface area contributed by atoms with Crippen LogP contribution in [0.25, 0.3) is 0 Å². The Kier molecular flexibility index (Phi) is 5.51. The predicted octanol–water partition coefficient (Wildman–Crippen LogP) is 3.34. The minimum atomic E-state index is -0.0116. The number of methoxy groups -OCH3 is 1. The molecule has 1 N–H and O–H groups in total. The number of hydrogen-bond donors (Lipinski definition) is 1. The van der Waals surface area contributed by atoms with Gasteiger partial charge in [0.2, 0.25) is 0 Å². The summed E-state index contributed by atoms with van der Waals surface area (Å²) in [6, 6.07) is 5.99. The van der Waals surface area contributed by atoms with Crippen molar-refractivity contribution >= 4 is 27.5 Å². The summed E-state index contributed by atoms with van der Waals surface area (Å²) < 4.78 is 11.8. The molecule has 0 unspecified atom stereocenters. The van der Waals surface area contributed by atoms with Crippen LogP contribution in [0, 0.1) is 0 Å². The predicted molar refractivity (Wildman–Crippen MR) is 81.0 cm³/mol. The van der Waals surface area contributed by atoms with Gasteiger partial charge in [-0.1, -0.05) is 15.9 Å². The van der Waals surface area contributed by atoms with Crippen molar-refractivity contribution in [3.63, 3.8) is 0 Å². The van der Waals surface area contributed by atoms with Crippen molar-refractivity contribution < 1.29 is 9.47 Å². The molecule has 0 radical (unpaired) electrons. The maximum atomic E-state index is 6.15. The van der Waals surface area contributed by atoms with E-state index in [0.717, 1.165) is 42.8 Å². The molecule has 0 spiro atoms. The maximum Gasteiger partial charge on any atom is 0.119 e. The van der Waals surface area contributed by atoms with E-state index in [9.17, 15) is 0 Å². The summed E-state index contributed by atoms with van der Waals surface area (Å²) in [5.41, 5.74) is 1.16. The van der Waals surface area contributed by atoms with Crippen LogP contribution in [0.1, 0.15) is 18.4 Å². The van der Waals surface area contributed by atoms with Crippen molar-refractivity contribution in [2.45, 2.75) is 24.9 Å². The average Bonchev–Trinajstić information content (AvgIpc) is 2.47. The molecule has 1 aliphatic heterocycles. The van der Waals surface area contributed by atoms with Crippen LogP contribution >= 0.6 is 27.5 Å². The summed E-state index contributed by atoms with van der Waals surface area (Å²) >= 11 is 9.72. The third-order valence-electron chi connectivity index (χ3n) is 3.61. The Morgan fingerprint density at radius 2 is 2.16 bits per heavy atom. The fraction of sp³-hybridized carbons (Fsp3) is 0.571. The van der Waals surface area contributed by atoms with Gasteiger partial charge in [0.1, 0.15) is 5.75 Å². The zero-order valence-electron chi connectivity index (χ0n) is 11.0. The quantitative estimate of drug-likeness (QED) is 0.828. The van der Waals surface area contributed by atoms with Crippen molar-refractivity contribution in [1.82, 2.24) is 5.32 Å². The van der Waals surface area contributed by atoms with Crippen molar-refractivity contribution in [3.8, 4) is 5.75 Å². The molecular weight excluding hydrogens is 330 g/mol. The van der Waals surface area contributed by atoms with Gasteiger partial charge in [0.15, 0.2) is 0 Å². The Hall–Kier alpha value is -0.290. The minimum absolute atomic E-state index is 0.0116. The van der Waals surface area contributed by atoms with Gasteiger partial charge < -0.3 is 14.8 Å². The summed E-state index contributed by atoms with van der Waals surface area (Å²) in [6.45, 7) is 2.32. The van der Waals surface area contributed by atoms with Crippen molar-refractivity contribution in [2.24, 2.45) is 0 Å². The second-order valence-corrected chi connectivity index (χ2v) is 5.96. The van der Waals surface area contributed by atoms with E-state index in [1.165, 1.54) is 5.56 Å². The number of rotatable bonds is 5. The van der Waals surface area contributed by atoms with Crippen LogP contribution in [0.2, 0.25) is 0 Å². The van der Waals surface area contributed by atoms with Crippen LogP contribution in [0.5, 0.6) is 5.75 Å². The van der Waals surface area contributed by atoms with Gasteiger partial charge >= 0.3 is 0 Å². The number of benzene rings is 1. The SMILES string of the molecule is COc1ccc(Br)c(CNC2(CCl)CCOCC2)c1. The lowest BCUT2D eigenvalue weighted by Gasteiger charge is -2.36. The largest absolute Gasteiger partial charge is 0.497 e. The number of halogens is 2. The Morgan fingerprint density at radius 1 is 1.42 bits per heavy atom. The van der Waals surface area contributed by atoms with Gasteiger partial charge in [-0.15, -0.1) is 11.6 Å². The molecule has 0 saturated carbocycles. The lowest BCUT2D eigenvalue weighted by molar-refractivity contribution is 0.0459. The number of ether oxygens (including phenoxy) is 2. The van der Waals surface area contributed by atoms with Gasteiger partial charge in [-0.05, 0) is 36.6 Å². The summed E-state index contributed by atoms with van der Waals surface area (Å²) in [5, 5.41) is 3.60. The summed E-state index contributed by atoms with van der Waals surface area (Å²) in [5.74, 6) is 1.48. The lowest BCUT2D eigenvalue weighted by Crippen LogP contribution is -2.50. The Labute approximate surface area is 127 Å². The van der Waals surface area contributed by atoms with E-state index >= 15 is 0 Å². The average molecular weight is 349 g/mol. The van der Waals surface area contributed by atoms with Crippen LogP contribution < -0.4 is 10.1 Å². The third kappa shape index (κ3) is 3.85. The van der Waals surface area contributed by atoms with Crippen molar-refractivity contribution in [1.29, 1.82) is 0 Å². The van der Waals surface area contributed by atoms with E-state index in [-0.39, 0.29) is 5.54 Å². The molecule has 1 fully saturated rings. The molecule has 1 saturated heterocycles. The van der Waals surface area contributed by atoms with Crippen molar-refractivity contribution in [3.05, 3.63) is 28.2 Å². The molecule has 1 aromatic carbocycles. The molecule has 5 heteroatoms. The fourth-order valence-corrected chi connectivity index (χ4v) is 2.96. The molecule has 106 valence electrons. The molecule has 19 heavy (non-hydrogen) atoms. The monoisotopic (exact) mass is 347 g/mol. The first-order valence-electron chi connectivity index (χ1n) is 6.40. The van der Waals surface area contributed by atoms with Gasteiger partial charge in [-0.25, -0.2) is 0 Å². The van der Waals surface area contributed by atoms with Crippen LogP contribution in [0.15, 0.2) is 22.7 Å². The van der Waals surface area contributed by atoms with Gasteiger partial charge in [-0.3, -0.25) is 0 Å². The van der Waals surface area contributed by atoms with E-state index in [0.29, 0.717) is 5.88 Å². The number of alkyl halides is 1. The molecule has 0 aromatic heterocycles. The Bertz CT molecular complexity index is 422. The van der Waals surface area contributed by atoms with E-state index < -0.39 is 0 Å². The smallest absolute Gasteiger partial charge is 0.119 e. The lowest BCUT2D eigenvalue weighted by atomic mass is 9.92. The molecule has 1 aliphatic rings. The van der Waals surface area contributed by atoms with Gasteiger partial charge in [0, 0.05) is 35.7 Å². The highest BCUT2D eigenvalue weighted by atomic mass is 79.9. The van der Waals surface area contributed by atoms with Gasteiger partial charge in [0.05, 0.1) is 7.11 Å². The summed E-state index contributed by atoms with van der Waals surface area (Å²) in [7, 11) is 1.68. The molecule has 0 aliphatic carbocycles. The first-order chi connectivity index (χ1) is 9.19. The number of nitrogens with one attached hydrogen (secondary N) is 1.